The molecule has 0 aliphatic rings. The van der Waals surface area contributed by atoms with Gasteiger partial charge in [0.2, 0.25) is 5.88 Å². The molecule has 0 atom stereocenters. The van der Waals surface area contributed by atoms with E-state index in [4.69, 9.17) is 9.47 Å². The molecule has 4 aromatic rings. The smallest absolute Gasteiger partial charge is 0.335 e. The molecule has 2 aromatic carbocycles. The van der Waals surface area contributed by atoms with Crippen LogP contribution in [0.5, 0.6) is 11.9 Å². The van der Waals surface area contributed by atoms with Crippen LogP contribution in [-0.4, -0.2) is 58.9 Å². The van der Waals surface area contributed by atoms with Crippen LogP contribution in [0.1, 0.15) is 31.9 Å². The van der Waals surface area contributed by atoms with E-state index in [9.17, 15) is 18.3 Å². The standard InChI is InChI=1S/C30H31N5O6S2/c1-19(28(36)37)20-7-6-8-21(15-20)25-26(35-43(38,39)24-11-9-22(10-12-24)30(2,3)4)33-18-34-27(25)40-13-14-41-29-31-16-23(42-5)17-32-29/h6-12,15-18H,1,13-14H2,2-5H3,(H,36,37)(H,33,34,35). The summed E-state index contributed by atoms with van der Waals surface area (Å²) in [4.78, 5) is 29.2. The molecule has 43 heavy (non-hydrogen) atoms. The van der Waals surface area contributed by atoms with E-state index in [0.717, 1.165) is 10.5 Å². The zero-order valence-corrected chi connectivity index (χ0v) is 25.7. The zero-order chi connectivity index (χ0) is 31.2. The van der Waals surface area contributed by atoms with E-state index in [1.54, 1.807) is 48.8 Å². The number of benzene rings is 2. The molecule has 0 saturated heterocycles. The number of nitrogens with zero attached hydrogens (tertiary/aromatic N) is 4. The first-order valence-corrected chi connectivity index (χ1v) is 15.7. The largest absolute Gasteiger partial charge is 0.478 e. The molecule has 0 aliphatic carbocycles. The van der Waals surface area contributed by atoms with E-state index in [1.165, 1.54) is 30.2 Å². The third kappa shape index (κ3) is 7.87. The Morgan fingerprint density at radius 2 is 1.67 bits per heavy atom. The number of anilines is 1. The summed E-state index contributed by atoms with van der Waals surface area (Å²) >= 11 is 1.51. The maximum atomic E-state index is 13.4. The number of sulfonamides is 1. The first kappa shape index (κ1) is 31.4. The Labute approximate surface area is 254 Å². The zero-order valence-electron chi connectivity index (χ0n) is 24.1. The summed E-state index contributed by atoms with van der Waals surface area (Å²) in [6, 6.07) is 13.2. The lowest BCUT2D eigenvalue weighted by Crippen LogP contribution is -2.17. The highest BCUT2D eigenvalue weighted by atomic mass is 32.2. The van der Waals surface area contributed by atoms with E-state index in [-0.39, 0.29) is 52.4 Å². The molecule has 0 bridgehead atoms. The van der Waals surface area contributed by atoms with Gasteiger partial charge in [-0.05, 0) is 46.6 Å². The summed E-state index contributed by atoms with van der Waals surface area (Å²) in [7, 11) is -4.08. The summed E-state index contributed by atoms with van der Waals surface area (Å²) in [5.74, 6) is -1.20. The van der Waals surface area contributed by atoms with Crippen molar-refractivity contribution in [2.45, 2.75) is 36.0 Å². The quantitative estimate of drug-likeness (QED) is 0.120. The predicted octanol–water partition coefficient (Wildman–Crippen LogP) is 5.31. The number of carboxylic acid groups (broad SMARTS) is 1. The second kappa shape index (κ2) is 13.2. The minimum absolute atomic E-state index is 0.0135. The lowest BCUT2D eigenvalue weighted by molar-refractivity contribution is -0.130. The van der Waals surface area contributed by atoms with Crippen LogP contribution in [-0.2, 0) is 20.2 Å². The topological polar surface area (TPSA) is 153 Å². The molecule has 0 saturated carbocycles. The van der Waals surface area contributed by atoms with Crippen LogP contribution in [0.15, 0.2) is 83.6 Å². The van der Waals surface area contributed by atoms with Gasteiger partial charge in [-0.3, -0.25) is 4.72 Å². The summed E-state index contributed by atoms with van der Waals surface area (Å²) < 4.78 is 40.9. The molecule has 2 aromatic heterocycles. The van der Waals surface area contributed by atoms with Crippen LogP contribution in [0.4, 0.5) is 5.82 Å². The third-order valence-corrected chi connectivity index (χ3v) is 8.26. The van der Waals surface area contributed by atoms with Crippen molar-refractivity contribution in [1.29, 1.82) is 0 Å². The fourth-order valence-corrected chi connectivity index (χ4v) is 5.22. The van der Waals surface area contributed by atoms with Crippen molar-refractivity contribution in [3.63, 3.8) is 0 Å². The van der Waals surface area contributed by atoms with Crippen LogP contribution in [0.25, 0.3) is 16.7 Å². The average Bonchev–Trinajstić information content (AvgIpc) is 2.98. The minimum atomic E-state index is -4.08. The SMILES string of the molecule is C=C(C(=O)O)c1cccc(-c2c(NS(=O)(=O)c3ccc(C(C)(C)C)cc3)ncnc2OCCOc2ncc(SC)cn2)c1. The molecule has 0 radical (unpaired) electrons. The molecule has 0 unspecified atom stereocenters. The Hall–Kier alpha value is -4.49. The Bertz CT molecular complexity index is 1720. The molecule has 0 spiro atoms. The van der Waals surface area contributed by atoms with Crippen LogP contribution in [0, 0.1) is 0 Å². The summed E-state index contributed by atoms with van der Waals surface area (Å²) in [5.41, 5.74) is 1.63. The fraction of sp³-hybridized carbons (Fsp3) is 0.233. The number of aromatic nitrogens is 4. The maximum Gasteiger partial charge on any atom is 0.335 e. The van der Waals surface area contributed by atoms with Crippen LogP contribution >= 0.6 is 11.8 Å². The van der Waals surface area contributed by atoms with Gasteiger partial charge in [-0.25, -0.2) is 33.1 Å². The molecule has 0 amide bonds. The van der Waals surface area contributed by atoms with Gasteiger partial charge in [0.1, 0.15) is 19.5 Å². The molecular weight excluding hydrogens is 590 g/mol. The van der Waals surface area contributed by atoms with E-state index in [2.05, 4.69) is 31.2 Å². The van der Waals surface area contributed by atoms with Gasteiger partial charge < -0.3 is 14.6 Å². The number of hydrogen-bond donors (Lipinski definition) is 2. The third-order valence-electron chi connectivity index (χ3n) is 6.23. The highest BCUT2D eigenvalue weighted by Crippen LogP contribution is 2.36. The monoisotopic (exact) mass is 621 g/mol. The number of aliphatic carboxylic acids is 1. The van der Waals surface area contributed by atoms with Crippen molar-refractivity contribution >= 4 is 39.1 Å². The molecular formula is C30H31N5O6S2. The average molecular weight is 622 g/mol. The maximum absolute atomic E-state index is 13.4. The number of hydrogen-bond acceptors (Lipinski definition) is 10. The molecule has 0 fully saturated rings. The van der Waals surface area contributed by atoms with Gasteiger partial charge in [0, 0.05) is 17.3 Å². The van der Waals surface area contributed by atoms with Gasteiger partial charge in [0.25, 0.3) is 10.0 Å². The highest BCUT2D eigenvalue weighted by Gasteiger charge is 2.23. The molecule has 0 aliphatic heterocycles. The summed E-state index contributed by atoms with van der Waals surface area (Å²) in [5, 5.41) is 9.46. The van der Waals surface area contributed by atoms with Gasteiger partial charge in [0.15, 0.2) is 5.82 Å². The number of rotatable bonds is 12. The van der Waals surface area contributed by atoms with Crippen LogP contribution in [0.3, 0.4) is 0 Å². The Morgan fingerprint density at radius 3 is 2.30 bits per heavy atom. The van der Waals surface area contributed by atoms with Gasteiger partial charge >= 0.3 is 12.0 Å². The Balaban J connectivity index is 1.66. The first-order chi connectivity index (χ1) is 20.4. The summed E-state index contributed by atoms with van der Waals surface area (Å²) in [6.07, 6.45) is 6.37. The van der Waals surface area contributed by atoms with E-state index < -0.39 is 16.0 Å². The van der Waals surface area contributed by atoms with Crippen molar-refractivity contribution in [3.8, 4) is 23.0 Å². The second-order valence-electron chi connectivity index (χ2n) is 10.2. The lowest BCUT2D eigenvalue weighted by atomic mass is 9.87. The molecule has 2 N–H and O–H groups in total. The van der Waals surface area contributed by atoms with E-state index in [1.807, 2.05) is 27.0 Å². The van der Waals surface area contributed by atoms with E-state index in [0.29, 0.717) is 11.1 Å². The number of ether oxygens (including phenoxy) is 2. The molecule has 224 valence electrons. The number of carbonyl (C=O) groups is 1. The summed E-state index contributed by atoms with van der Waals surface area (Å²) in [6.45, 7) is 9.82. The number of carboxylic acids is 1. The Kier molecular flexibility index (Phi) is 9.66. The molecule has 13 heteroatoms. The van der Waals surface area contributed by atoms with Gasteiger partial charge in [-0.2, -0.15) is 0 Å². The normalized spacial score (nSPS) is 11.5. The van der Waals surface area contributed by atoms with Crippen molar-refractivity contribution < 1.29 is 27.8 Å². The van der Waals surface area contributed by atoms with Gasteiger partial charge in [-0.15, -0.1) is 11.8 Å². The first-order valence-electron chi connectivity index (χ1n) is 13.0. The molecule has 11 nitrogen and oxygen atoms in total. The number of nitrogens with one attached hydrogen (secondary N) is 1. The fourth-order valence-electron chi connectivity index (χ4n) is 3.88. The highest BCUT2D eigenvalue weighted by molar-refractivity contribution is 7.98. The van der Waals surface area contributed by atoms with Crippen molar-refractivity contribution in [1.82, 2.24) is 19.9 Å². The van der Waals surface area contributed by atoms with Crippen molar-refractivity contribution in [2.75, 3.05) is 24.2 Å². The lowest BCUT2D eigenvalue weighted by Gasteiger charge is -2.19. The Morgan fingerprint density at radius 1 is 1.00 bits per heavy atom. The van der Waals surface area contributed by atoms with Crippen LogP contribution in [0.2, 0.25) is 0 Å². The van der Waals surface area contributed by atoms with Crippen molar-refractivity contribution in [2.24, 2.45) is 0 Å². The molecule has 4 rings (SSSR count). The number of thioether (sulfide) groups is 1. The van der Waals surface area contributed by atoms with E-state index >= 15 is 0 Å². The van der Waals surface area contributed by atoms with Gasteiger partial charge in [0.05, 0.1) is 16.0 Å². The van der Waals surface area contributed by atoms with Crippen molar-refractivity contribution in [3.05, 3.63) is 85.0 Å². The predicted molar refractivity (Wildman–Crippen MR) is 165 cm³/mol. The minimum Gasteiger partial charge on any atom is -0.478 e. The second-order valence-corrected chi connectivity index (χ2v) is 12.8. The molecule has 2 heterocycles. The van der Waals surface area contributed by atoms with Gasteiger partial charge in [-0.1, -0.05) is 57.7 Å². The van der Waals surface area contributed by atoms with Crippen LogP contribution < -0.4 is 14.2 Å².